The largest absolute Gasteiger partial charge is 0.493 e. The molecule has 0 heterocycles. The van der Waals surface area contributed by atoms with Crippen LogP contribution in [0.15, 0.2) is 34.3 Å². The molecule has 0 saturated carbocycles. The highest BCUT2D eigenvalue weighted by Gasteiger charge is 2.03. The van der Waals surface area contributed by atoms with E-state index in [1.54, 1.807) is 50.4 Å². The number of nitrogens with two attached hydrogens (primary N) is 2. The fourth-order valence-electron chi connectivity index (χ4n) is 1.52. The SMILES string of the molecule is COc1ccc(/C=C/C(=O)N=C(N)/N=C(\N)N(C)C)cc1OC. The van der Waals surface area contributed by atoms with Crippen molar-refractivity contribution >= 4 is 23.9 Å². The summed E-state index contributed by atoms with van der Waals surface area (Å²) in [6.45, 7) is 0. The average Bonchev–Trinajstić information content (AvgIpc) is 2.52. The van der Waals surface area contributed by atoms with Gasteiger partial charge in [-0.25, -0.2) is 0 Å². The molecule has 0 aromatic heterocycles. The Labute approximate surface area is 135 Å². The van der Waals surface area contributed by atoms with E-state index in [0.717, 1.165) is 5.56 Å². The van der Waals surface area contributed by atoms with E-state index in [0.29, 0.717) is 11.5 Å². The van der Waals surface area contributed by atoms with Crippen molar-refractivity contribution in [3.05, 3.63) is 29.8 Å². The quantitative estimate of drug-likeness (QED) is 0.472. The molecule has 4 N–H and O–H groups in total. The molecule has 0 bridgehead atoms. The number of methoxy groups -OCH3 is 2. The van der Waals surface area contributed by atoms with Crippen molar-refractivity contribution < 1.29 is 14.3 Å². The van der Waals surface area contributed by atoms with E-state index in [4.69, 9.17) is 20.9 Å². The van der Waals surface area contributed by atoms with Gasteiger partial charge in [-0.05, 0) is 23.8 Å². The van der Waals surface area contributed by atoms with E-state index in [1.807, 2.05) is 0 Å². The lowest BCUT2D eigenvalue weighted by atomic mass is 10.2. The molecule has 0 aliphatic rings. The molecule has 0 atom stereocenters. The summed E-state index contributed by atoms with van der Waals surface area (Å²) in [5.41, 5.74) is 11.9. The number of aliphatic imine (C=N–C) groups is 2. The van der Waals surface area contributed by atoms with Crippen LogP contribution in [0.1, 0.15) is 5.56 Å². The lowest BCUT2D eigenvalue weighted by molar-refractivity contribution is -0.113. The maximum absolute atomic E-state index is 11.7. The fourth-order valence-corrected chi connectivity index (χ4v) is 1.52. The third-order valence-corrected chi connectivity index (χ3v) is 2.74. The van der Waals surface area contributed by atoms with Gasteiger partial charge >= 0.3 is 0 Å². The van der Waals surface area contributed by atoms with E-state index < -0.39 is 5.91 Å². The van der Waals surface area contributed by atoms with Gasteiger partial charge in [0.1, 0.15) is 0 Å². The van der Waals surface area contributed by atoms with Crippen LogP contribution >= 0.6 is 0 Å². The second-order valence-corrected chi connectivity index (χ2v) is 4.62. The van der Waals surface area contributed by atoms with Gasteiger partial charge in [-0.1, -0.05) is 6.07 Å². The molecule has 8 heteroatoms. The monoisotopic (exact) mass is 319 g/mol. The van der Waals surface area contributed by atoms with Crippen LogP contribution in [-0.4, -0.2) is 51.0 Å². The standard InChI is InChI=1S/C15H21N5O3/c1-20(2)15(17)19-14(16)18-13(21)8-6-10-5-7-11(22-3)12(9-10)23-4/h5-9H,1-4H3,(H4,16,17,18,19,21)/b8-6+. The third kappa shape index (κ3) is 5.70. The average molecular weight is 319 g/mol. The zero-order valence-corrected chi connectivity index (χ0v) is 13.6. The van der Waals surface area contributed by atoms with Crippen molar-refractivity contribution in [1.82, 2.24) is 4.90 Å². The van der Waals surface area contributed by atoms with Crippen LogP contribution in [0.5, 0.6) is 11.5 Å². The van der Waals surface area contributed by atoms with E-state index in [-0.39, 0.29) is 11.9 Å². The smallest absolute Gasteiger partial charge is 0.272 e. The highest BCUT2D eigenvalue weighted by atomic mass is 16.5. The van der Waals surface area contributed by atoms with Crippen LogP contribution in [0, 0.1) is 0 Å². The van der Waals surface area contributed by atoms with Gasteiger partial charge in [0.15, 0.2) is 17.5 Å². The molecule has 0 unspecified atom stereocenters. The van der Waals surface area contributed by atoms with Gasteiger partial charge < -0.3 is 25.8 Å². The molecule has 0 fully saturated rings. The van der Waals surface area contributed by atoms with E-state index in [9.17, 15) is 4.79 Å². The molecule has 1 amide bonds. The van der Waals surface area contributed by atoms with Gasteiger partial charge in [-0.15, -0.1) is 0 Å². The predicted molar refractivity (Wildman–Crippen MR) is 90.5 cm³/mol. The van der Waals surface area contributed by atoms with Crippen molar-refractivity contribution in [3.8, 4) is 11.5 Å². The van der Waals surface area contributed by atoms with Gasteiger partial charge in [0.2, 0.25) is 5.96 Å². The second kappa shape index (κ2) is 8.42. The number of carbonyl (C=O) groups is 1. The van der Waals surface area contributed by atoms with E-state index in [2.05, 4.69) is 9.98 Å². The Bertz CT molecular complexity index is 651. The summed E-state index contributed by atoms with van der Waals surface area (Å²) in [7, 11) is 6.48. The number of ether oxygens (including phenoxy) is 2. The van der Waals surface area contributed by atoms with Crippen LogP contribution in [-0.2, 0) is 4.79 Å². The van der Waals surface area contributed by atoms with Crippen molar-refractivity contribution in [2.24, 2.45) is 21.5 Å². The molecule has 1 aromatic carbocycles. The van der Waals surface area contributed by atoms with Crippen LogP contribution in [0.25, 0.3) is 6.08 Å². The van der Waals surface area contributed by atoms with Crippen LogP contribution in [0.3, 0.4) is 0 Å². The van der Waals surface area contributed by atoms with Gasteiger partial charge in [0.05, 0.1) is 14.2 Å². The first-order valence-electron chi connectivity index (χ1n) is 6.67. The minimum atomic E-state index is -0.549. The molecular formula is C15H21N5O3. The molecule has 1 rings (SSSR count). The maximum atomic E-state index is 11.7. The summed E-state index contributed by atoms with van der Waals surface area (Å²) >= 11 is 0. The molecule has 0 aliphatic carbocycles. The molecule has 124 valence electrons. The first-order chi connectivity index (χ1) is 10.9. The summed E-state index contributed by atoms with van der Waals surface area (Å²) in [6, 6.07) is 5.25. The van der Waals surface area contributed by atoms with Crippen molar-refractivity contribution in [2.45, 2.75) is 0 Å². The summed E-state index contributed by atoms with van der Waals surface area (Å²) in [4.78, 5) is 20.7. The molecular weight excluding hydrogens is 298 g/mol. The highest BCUT2D eigenvalue weighted by molar-refractivity contribution is 6.03. The zero-order valence-electron chi connectivity index (χ0n) is 13.6. The van der Waals surface area contributed by atoms with Crippen LogP contribution < -0.4 is 20.9 Å². The Morgan fingerprint density at radius 2 is 1.78 bits per heavy atom. The minimum Gasteiger partial charge on any atom is -0.493 e. The van der Waals surface area contributed by atoms with Gasteiger partial charge in [-0.3, -0.25) is 4.79 Å². The summed E-state index contributed by atoms with van der Waals surface area (Å²) in [5, 5.41) is 0. The normalized spacial score (nSPS) is 12.3. The third-order valence-electron chi connectivity index (χ3n) is 2.74. The predicted octanol–water partition coefficient (Wildman–Crippen LogP) is 0.435. The Morgan fingerprint density at radius 1 is 1.13 bits per heavy atom. The van der Waals surface area contributed by atoms with E-state index in [1.165, 1.54) is 13.2 Å². The Hall–Kier alpha value is -3.03. The van der Waals surface area contributed by atoms with Gasteiger partial charge in [0, 0.05) is 20.2 Å². The fraction of sp³-hybridized carbons (Fsp3) is 0.267. The number of nitrogens with zero attached hydrogens (tertiary/aromatic N) is 3. The van der Waals surface area contributed by atoms with Crippen molar-refractivity contribution in [1.29, 1.82) is 0 Å². The molecule has 0 spiro atoms. The number of benzene rings is 1. The molecule has 23 heavy (non-hydrogen) atoms. The van der Waals surface area contributed by atoms with E-state index >= 15 is 0 Å². The number of rotatable bonds is 4. The van der Waals surface area contributed by atoms with Crippen molar-refractivity contribution in [3.63, 3.8) is 0 Å². The summed E-state index contributed by atoms with van der Waals surface area (Å²) in [6.07, 6.45) is 2.86. The number of guanidine groups is 2. The molecule has 1 aromatic rings. The van der Waals surface area contributed by atoms with Crippen molar-refractivity contribution in [2.75, 3.05) is 28.3 Å². The minimum absolute atomic E-state index is 0.155. The highest BCUT2D eigenvalue weighted by Crippen LogP contribution is 2.27. The molecule has 0 aliphatic heterocycles. The van der Waals surface area contributed by atoms with Crippen LogP contribution in [0.2, 0.25) is 0 Å². The lowest BCUT2D eigenvalue weighted by Crippen LogP contribution is -2.32. The topological polar surface area (TPSA) is 116 Å². The van der Waals surface area contributed by atoms with Crippen LogP contribution in [0.4, 0.5) is 0 Å². The molecule has 0 radical (unpaired) electrons. The van der Waals surface area contributed by atoms with Gasteiger partial charge in [0.25, 0.3) is 5.91 Å². The Kier molecular flexibility index (Phi) is 6.60. The zero-order chi connectivity index (χ0) is 17.4. The Balaban J connectivity index is 2.85. The first kappa shape index (κ1) is 18.0. The summed E-state index contributed by atoms with van der Waals surface area (Å²) < 4.78 is 10.3. The number of carbonyl (C=O) groups excluding carboxylic acids is 1. The van der Waals surface area contributed by atoms with Gasteiger partial charge in [-0.2, -0.15) is 9.98 Å². The molecule has 8 nitrogen and oxygen atoms in total. The second-order valence-electron chi connectivity index (χ2n) is 4.62. The lowest BCUT2D eigenvalue weighted by Gasteiger charge is -2.09. The first-order valence-corrected chi connectivity index (χ1v) is 6.67. The number of amides is 1. The maximum Gasteiger partial charge on any atom is 0.272 e. The number of hydrogen-bond donors (Lipinski definition) is 2. The molecule has 0 saturated heterocycles. The summed E-state index contributed by atoms with van der Waals surface area (Å²) in [5.74, 6) is 0.564. The number of hydrogen-bond acceptors (Lipinski definition) is 3. The Morgan fingerprint density at radius 3 is 2.35 bits per heavy atom.